The van der Waals surface area contributed by atoms with Crippen molar-refractivity contribution in [2.45, 2.75) is 19.4 Å². The van der Waals surface area contributed by atoms with Crippen molar-refractivity contribution in [3.8, 4) is 0 Å². The largest absolute Gasteiger partial charge is 0.373 e. The summed E-state index contributed by atoms with van der Waals surface area (Å²) < 4.78 is 7.67. The number of nitrogens with one attached hydrogen (secondary N) is 1. The van der Waals surface area contributed by atoms with Crippen LogP contribution in [0.1, 0.15) is 18.7 Å². The monoisotopic (exact) mass is 209 g/mol. The van der Waals surface area contributed by atoms with Crippen molar-refractivity contribution in [2.75, 3.05) is 19.7 Å². The topological polar surface area (TPSA) is 39.1 Å². The first-order valence-corrected chi connectivity index (χ1v) is 5.61. The summed E-state index contributed by atoms with van der Waals surface area (Å²) in [5, 5.41) is 3.39. The summed E-state index contributed by atoms with van der Waals surface area (Å²) >= 11 is 0. The molecule has 2 rings (SSSR count). The number of hydrogen-bond donors (Lipinski definition) is 1. The molecule has 1 aromatic rings. The third-order valence-corrected chi connectivity index (χ3v) is 2.90. The normalized spacial score (nSPS) is 21.8. The van der Waals surface area contributed by atoms with E-state index in [1.165, 1.54) is 12.8 Å². The molecule has 1 saturated heterocycles. The smallest absolute Gasteiger partial charge is 0.134 e. The molecule has 1 fully saturated rings. The van der Waals surface area contributed by atoms with Gasteiger partial charge in [0.25, 0.3) is 0 Å². The van der Waals surface area contributed by atoms with E-state index < -0.39 is 0 Å². The first-order chi connectivity index (χ1) is 7.36. The molecule has 1 N–H and O–H groups in total. The lowest BCUT2D eigenvalue weighted by molar-refractivity contribution is 0.0729. The molecular formula is C11H19N3O. The molecule has 0 unspecified atom stereocenters. The quantitative estimate of drug-likeness (QED) is 0.802. The maximum atomic E-state index is 5.68. The van der Waals surface area contributed by atoms with Crippen LogP contribution in [-0.4, -0.2) is 29.2 Å². The summed E-state index contributed by atoms with van der Waals surface area (Å²) in [7, 11) is 1.99. The van der Waals surface area contributed by atoms with Crippen molar-refractivity contribution >= 4 is 0 Å². The molecule has 0 aromatic carbocycles. The van der Waals surface area contributed by atoms with Crippen molar-refractivity contribution < 1.29 is 4.74 Å². The predicted octanol–water partition coefficient (Wildman–Crippen LogP) is 0.936. The number of piperidine rings is 1. The van der Waals surface area contributed by atoms with E-state index in [0.29, 0.717) is 12.5 Å². The van der Waals surface area contributed by atoms with Gasteiger partial charge in [-0.25, -0.2) is 4.98 Å². The SMILES string of the molecule is Cn1ccnc1COC[C@H]1CCCNC1. The predicted molar refractivity (Wildman–Crippen MR) is 58.5 cm³/mol. The highest BCUT2D eigenvalue weighted by molar-refractivity contribution is 4.88. The van der Waals surface area contributed by atoms with Gasteiger partial charge in [-0.1, -0.05) is 0 Å². The molecule has 2 heterocycles. The van der Waals surface area contributed by atoms with Crippen LogP contribution in [0.2, 0.25) is 0 Å². The van der Waals surface area contributed by atoms with Crippen LogP contribution in [0.5, 0.6) is 0 Å². The summed E-state index contributed by atoms with van der Waals surface area (Å²) in [5.74, 6) is 1.68. The first-order valence-electron chi connectivity index (χ1n) is 5.61. The number of rotatable bonds is 4. The zero-order chi connectivity index (χ0) is 10.5. The number of aryl methyl sites for hydroxylation is 1. The average Bonchev–Trinajstić information content (AvgIpc) is 2.66. The Morgan fingerprint density at radius 2 is 2.60 bits per heavy atom. The lowest BCUT2D eigenvalue weighted by atomic mass is 10.0. The molecule has 0 saturated carbocycles. The van der Waals surface area contributed by atoms with E-state index in [4.69, 9.17) is 4.74 Å². The lowest BCUT2D eigenvalue weighted by Crippen LogP contribution is -2.32. The number of imidazole rings is 1. The van der Waals surface area contributed by atoms with E-state index in [1.807, 2.05) is 17.8 Å². The zero-order valence-electron chi connectivity index (χ0n) is 9.28. The van der Waals surface area contributed by atoms with E-state index in [2.05, 4.69) is 10.3 Å². The van der Waals surface area contributed by atoms with Crippen LogP contribution in [0.3, 0.4) is 0 Å². The van der Waals surface area contributed by atoms with E-state index in [1.54, 1.807) is 6.20 Å². The summed E-state index contributed by atoms with van der Waals surface area (Å²) in [4.78, 5) is 4.22. The highest BCUT2D eigenvalue weighted by atomic mass is 16.5. The maximum absolute atomic E-state index is 5.68. The van der Waals surface area contributed by atoms with Gasteiger partial charge in [0.15, 0.2) is 0 Å². The molecule has 84 valence electrons. The van der Waals surface area contributed by atoms with Gasteiger partial charge in [-0.3, -0.25) is 0 Å². The van der Waals surface area contributed by atoms with Crippen molar-refractivity contribution in [2.24, 2.45) is 13.0 Å². The highest BCUT2D eigenvalue weighted by Crippen LogP contribution is 2.10. The van der Waals surface area contributed by atoms with Gasteiger partial charge in [0, 0.05) is 26.0 Å². The van der Waals surface area contributed by atoms with Crippen molar-refractivity contribution in [1.29, 1.82) is 0 Å². The van der Waals surface area contributed by atoms with Crippen LogP contribution in [-0.2, 0) is 18.4 Å². The Morgan fingerprint density at radius 3 is 3.27 bits per heavy atom. The molecule has 0 aliphatic carbocycles. The number of nitrogens with zero attached hydrogens (tertiary/aromatic N) is 2. The summed E-state index contributed by atoms with van der Waals surface area (Å²) in [6.07, 6.45) is 6.31. The van der Waals surface area contributed by atoms with Crippen LogP contribution in [0.15, 0.2) is 12.4 Å². The fourth-order valence-electron chi connectivity index (χ4n) is 1.92. The van der Waals surface area contributed by atoms with Gasteiger partial charge in [0.1, 0.15) is 12.4 Å². The molecule has 15 heavy (non-hydrogen) atoms. The molecule has 0 amide bonds. The molecule has 0 spiro atoms. The Morgan fingerprint density at radius 1 is 1.67 bits per heavy atom. The minimum atomic E-state index is 0.625. The Labute approximate surface area is 90.6 Å². The number of aromatic nitrogens is 2. The van der Waals surface area contributed by atoms with Gasteiger partial charge < -0.3 is 14.6 Å². The van der Waals surface area contributed by atoms with Crippen LogP contribution < -0.4 is 5.32 Å². The molecular weight excluding hydrogens is 190 g/mol. The fourth-order valence-corrected chi connectivity index (χ4v) is 1.92. The van der Waals surface area contributed by atoms with Gasteiger partial charge in [-0.2, -0.15) is 0 Å². The molecule has 0 radical (unpaired) electrons. The van der Waals surface area contributed by atoms with Crippen LogP contribution in [0, 0.1) is 5.92 Å². The van der Waals surface area contributed by atoms with Gasteiger partial charge in [0.2, 0.25) is 0 Å². The number of hydrogen-bond acceptors (Lipinski definition) is 3. The van der Waals surface area contributed by atoms with Gasteiger partial charge in [0.05, 0.1) is 6.61 Å². The minimum Gasteiger partial charge on any atom is -0.373 e. The molecule has 1 aliphatic rings. The van der Waals surface area contributed by atoms with Crippen molar-refractivity contribution in [3.05, 3.63) is 18.2 Å². The fraction of sp³-hybridized carbons (Fsp3) is 0.727. The summed E-state index contributed by atoms with van der Waals surface area (Å²) in [6, 6.07) is 0. The van der Waals surface area contributed by atoms with E-state index in [0.717, 1.165) is 25.5 Å². The third-order valence-electron chi connectivity index (χ3n) is 2.90. The van der Waals surface area contributed by atoms with Gasteiger partial charge in [-0.15, -0.1) is 0 Å². The average molecular weight is 209 g/mol. The molecule has 1 aliphatic heterocycles. The zero-order valence-corrected chi connectivity index (χ0v) is 9.28. The third kappa shape index (κ3) is 3.04. The maximum Gasteiger partial charge on any atom is 0.134 e. The summed E-state index contributed by atoms with van der Waals surface area (Å²) in [6.45, 7) is 3.73. The second-order valence-corrected chi connectivity index (χ2v) is 4.18. The number of ether oxygens (including phenoxy) is 1. The second-order valence-electron chi connectivity index (χ2n) is 4.18. The van der Waals surface area contributed by atoms with Gasteiger partial charge in [-0.05, 0) is 25.3 Å². The standard InChI is InChI=1S/C11H19N3O/c1-14-6-5-13-11(14)9-15-8-10-3-2-4-12-7-10/h5-6,10,12H,2-4,7-9H2,1H3/t10-/m0/s1. The molecule has 1 atom stereocenters. The van der Waals surface area contributed by atoms with Gasteiger partial charge >= 0.3 is 0 Å². The Balaban J connectivity index is 1.68. The van der Waals surface area contributed by atoms with Crippen molar-refractivity contribution in [3.63, 3.8) is 0 Å². The second kappa shape index (κ2) is 5.28. The molecule has 4 nitrogen and oxygen atoms in total. The highest BCUT2D eigenvalue weighted by Gasteiger charge is 2.12. The van der Waals surface area contributed by atoms with Crippen LogP contribution in [0.25, 0.3) is 0 Å². The molecule has 4 heteroatoms. The minimum absolute atomic E-state index is 0.625. The first kappa shape index (κ1) is 10.6. The van der Waals surface area contributed by atoms with E-state index in [-0.39, 0.29) is 0 Å². The van der Waals surface area contributed by atoms with Crippen molar-refractivity contribution in [1.82, 2.24) is 14.9 Å². The van der Waals surface area contributed by atoms with Crippen LogP contribution >= 0.6 is 0 Å². The van der Waals surface area contributed by atoms with Crippen LogP contribution in [0.4, 0.5) is 0 Å². The molecule has 1 aromatic heterocycles. The Bertz CT molecular complexity index is 292. The van der Waals surface area contributed by atoms with E-state index in [9.17, 15) is 0 Å². The Hall–Kier alpha value is -0.870. The van der Waals surface area contributed by atoms with E-state index >= 15 is 0 Å². The lowest BCUT2D eigenvalue weighted by Gasteiger charge is -2.22. The summed E-state index contributed by atoms with van der Waals surface area (Å²) in [5.41, 5.74) is 0. The molecule has 0 bridgehead atoms. The Kier molecular flexibility index (Phi) is 3.75.